The lowest BCUT2D eigenvalue weighted by molar-refractivity contribution is -0.136. The molecule has 34 heavy (non-hydrogen) atoms. The first-order chi connectivity index (χ1) is 16.2. The van der Waals surface area contributed by atoms with Crippen LogP contribution in [0.4, 0.5) is 5.82 Å². The number of carboxylic acids is 1. The minimum absolute atomic E-state index is 0.00430. The number of benzene rings is 1. The predicted molar refractivity (Wildman–Crippen MR) is 129 cm³/mol. The lowest BCUT2D eigenvalue weighted by Gasteiger charge is -2.39. The van der Waals surface area contributed by atoms with Crippen LogP contribution >= 0.6 is 11.6 Å². The van der Waals surface area contributed by atoms with E-state index in [1.807, 2.05) is 19.1 Å². The lowest BCUT2D eigenvalue weighted by Crippen LogP contribution is -2.51. The van der Waals surface area contributed by atoms with Crippen LogP contribution < -0.4 is 5.32 Å². The van der Waals surface area contributed by atoms with Crippen molar-refractivity contribution >= 4 is 35.2 Å². The number of nitrogens with one attached hydrogen (secondary N) is 1. The molecule has 2 amide bonds. The van der Waals surface area contributed by atoms with Gasteiger partial charge in [0.1, 0.15) is 11.9 Å². The highest BCUT2D eigenvalue weighted by molar-refractivity contribution is 6.31. The molecule has 0 bridgehead atoms. The molecule has 1 aromatic heterocycles. The molecular weight excluding hydrogens is 456 g/mol. The Labute approximate surface area is 203 Å². The molecule has 0 unspecified atom stereocenters. The van der Waals surface area contributed by atoms with Gasteiger partial charge in [0.2, 0.25) is 11.8 Å². The van der Waals surface area contributed by atoms with E-state index >= 15 is 0 Å². The van der Waals surface area contributed by atoms with Crippen LogP contribution in [-0.4, -0.2) is 62.8 Å². The first kappa shape index (κ1) is 24.2. The van der Waals surface area contributed by atoms with Crippen molar-refractivity contribution in [2.75, 3.05) is 18.4 Å². The van der Waals surface area contributed by atoms with E-state index in [9.17, 15) is 19.5 Å². The van der Waals surface area contributed by atoms with Crippen LogP contribution in [0.25, 0.3) is 0 Å². The summed E-state index contributed by atoms with van der Waals surface area (Å²) in [5.41, 5.74) is 2.83. The summed E-state index contributed by atoms with van der Waals surface area (Å²) in [5.74, 6) is -1.22. The number of carbonyl (C=O) groups is 3. The van der Waals surface area contributed by atoms with Crippen molar-refractivity contribution in [1.29, 1.82) is 0 Å². The zero-order valence-electron chi connectivity index (χ0n) is 19.4. The molecule has 0 spiro atoms. The standard InChI is InChI=1S/C25H29ClN4O4/c1-15-11-17(3-4-20(15)26)14-29-9-7-19(8-10-29)30-21(5-6-23(30)31)24(32)28-22-13-18(25(33)34)12-16(2)27-22/h3-4,11-13,19,21H,5-10,14H2,1-2H3,(H,33,34)(H,27,28,32)/t21-/m1/s1. The van der Waals surface area contributed by atoms with Gasteiger partial charge in [-0.3, -0.25) is 14.5 Å². The predicted octanol–water partition coefficient (Wildman–Crippen LogP) is 3.64. The molecule has 0 saturated carbocycles. The smallest absolute Gasteiger partial charge is 0.335 e. The van der Waals surface area contributed by atoms with E-state index in [4.69, 9.17) is 11.6 Å². The summed E-state index contributed by atoms with van der Waals surface area (Å²) in [5, 5.41) is 12.8. The number of likely N-dealkylation sites (tertiary alicyclic amines) is 2. The van der Waals surface area contributed by atoms with E-state index in [2.05, 4.69) is 21.3 Å². The van der Waals surface area contributed by atoms with Gasteiger partial charge >= 0.3 is 5.97 Å². The molecular formula is C25H29ClN4O4. The molecule has 2 saturated heterocycles. The Morgan fingerprint density at radius 2 is 1.88 bits per heavy atom. The van der Waals surface area contributed by atoms with Gasteiger partial charge in [-0.2, -0.15) is 0 Å². The summed E-state index contributed by atoms with van der Waals surface area (Å²) < 4.78 is 0. The van der Waals surface area contributed by atoms with Gasteiger partial charge in [0.25, 0.3) is 0 Å². The maximum atomic E-state index is 13.1. The minimum Gasteiger partial charge on any atom is -0.478 e. The highest BCUT2D eigenvalue weighted by Gasteiger charge is 2.41. The maximum absolute atomic E-state index is 13.1. The number of rotatable bonds is 6. The molecule has 180 valence electrons. The van der Waals surface area contributed by atoms with E-state index in [0.29, 0.717) is 18.5 Å². The van der Waals surface area contributed by atoms with Crippen LogP contribution in [0.5, 0.6) is 0 Å². The van der Waals surface area contributed by atoms with Crippen molar-refractivity contribution in [3.63, 3.8) is 0 Å². The SMILES string of the molecule is Cc1cc(C(=O)O)cc(NC(=O)[C@H]2CCC(=O)N2C2CCN(Cc3ccc(Cl)c(C)c3)CC2)n1. The second kappa shape index (κ2) is 10.1. The second-order valence-electron chi connectivity index (χ2n) is 9.12. The zero-order chi connectivity index (χ0) is 24.4. The van der Waals surface area contributed by atoms with Crippen molar-refractivity contribution in [2.24, 2.45) is 0 Å². The highest BCUT2D eigenvalue weighted by Crippen LogP contribution is 2.29. The van der Waals surface area contributed by atoms with Gasteiger partial charge < -0.3 is 15.3 Å². The second-order valence-corrected chi connectivity index (χ2v) is 9.53. The Kier molecular flexibility index (Phi) is 7.19. The number of anilines is 1. The number of aryl methyl sites for hydroxylation is 2. The Morgan fingerprint density at radius 1 is 1.15 bits per heavy atom. The van der Waals surface area contributed by atoms with Gasteiger partial charge in [0.05, 0.1) is 5.56 Å². The van der Waals surface area contributed by atoms with Gasteiger partial charge in [0, 0.05) is 42.8 Å². The van der Waals surface area contributed by atoms with Crippen LogP contribution in [-0.2, 0) is 16.1 Å². The monoisotopic (exact) mass is 484 g/mol. The summed E-state index contributed by atoms with van der Waals surface area (Å²) in [6.07, 6.45) is 2.39. The van der Waals surface area contributed by atoms with Crippen molar-refractivity contribution in [1.82, 2.24) is 14.8 Å². The molecule has 3 heterocycles. The summed E-state index contributed by atoms with van der Waals surface area (Å²) in [6.45, 7) is 6.18. The molecule has 9 heteroatoms. The number of hydrogen-bond acceptors (Lipinski definition) is 5. The van der Waals surface area contributed by atoms with Crippen molar-refractivity contribution in [3.05, 3.63) is 57.7 Å². The van der Waals surface area contributed by atoms with Gasteiger partial charge in [0.15, 0.2) is 0 Å². The van der Waals surface area contributed by atoms with Gasteiger partial charge in [-0.15, -0.1) is 0 Å². The van der Waals surface area contributed by atoms with Crippen molar-refractivity contribution < 1.29 is 19.5 Å². The van der Waals surface area contributed by atoms with Crippen LogP contribution in [0, 0.1) is 13.8 Å². The Morgan fingerprint density at radius 3 is 2.56 bits per heavy atom. The van der Waals surface area contributed by atoms with E-state index in [1.54, 1.807) is 11.8 Å². The molecule has 2 aliphatic rings. The summed E-state index contributed by atoms with van der Waals surface area (Å²) in [7, 11) is 0. The number of amides is 2. The third kappa shape index (κ3) is 5.39. The van der Waals surface area contributed by atoms with Crippen molar-refractivity contribution in [2.45, 2.75) is 58.2 Å². The van der Waals surface area contributed by atoms with Crippen LogP contribution in [0.1, 0.15) is 52.9 Å². The summed E-state index contributed by atoms with van der Waals surface area (Å²) >= 11 is 6.13. The quantitative estimate of drug-likeness (QED) is 0.648. The van der Waals surface area contributed by atoms with E-state index in [-0.39, 0.29) is 29.2 Å². The Bertz CT molecular complexity index is 1110. The molecule has 2 N–H and O–H groups in total. The topological polar surface area (TPSA) is 103 Å². The number of aromatic carboxylic acids is 1. The summed E-state index contributed by atoms with van der Waals surface area (Å²) in [6, 6.07) is 8.29. The largest absolute Gasteiger partial charge is 0.478 e. The minimum atomic E-state index is -1.08. The van der Waals surface area contributed by atoms with Crippen molar-refractivity contribution in [3.8, 4) is 0 Å². The number of carbonyl (C=O) groups excluding carboxylic acids is 2. The number of hydrogen-bond donors (Lipinski definition) is 2. The Hall–Kier alpha value is -2.97. The molecule has 1 aromatic carbocycles. The molecule has 4 rings (SSSR count). The molecule has 2 aromatic rings. The fraction of sp³-hybridized carbons (Fsp3) is 0.440. The Balaban J connectivity index is 1.39. The van der Waals surface area contributed by atoms with Crippen LogP contribution in [0.2, 0.25) is 5.02 Å². The zero-order valence-corrected chi connectivity index (χ0v) is 20.1. The number of halogens is 1. The van der Waals surface area contributed by atoms with Gasteiger partial charge in [-0.25, -0.2) is 9.78 Å². The normalized spacial score (nSPS) is 19.4. The molecule has 2 aliphatic heterocycles. The first-order valence-electron chi connectivity index (χ1n) is 11.5. The van der Waals surface area contributed by atoms with Gasteiger partial charge in [-0.1, -0.05) is 23.7 Å². The average Bonchev–Trinajstić information content (AvgIpc) is 3.18. The van der Waals surface area contributed by atoms with Crippen LogP contribution in [0.15, 0.2) is 30.3 Å². The van der Waals surface area contributed by atoms with E-state index in [0.717, 1.165) is 43.1 Å². The molecule has 2 fully saturated rings. The maximum Gasteiger partial charge on any atom is 0.335 e. The number of piperidine rings is 1. The number of nitrogens with zero attached hydrogens (tertiary/aromatic N) is 3. The summed E-state index contributed by atoms with van der Waals surface area (Å²) in [4.78, 5) is 45.4. The van der Waals surface area contributed by atoms with E-state index in [1.165, 1.54) is 17.7 Å². The van der Waals surface area contributed by atoms with Gasteiger partial charge in [-0.05, 0) is 62.4 Å². The molecule has 0 aliphatic carbocycles. The fourth-order valence-corrected chi connectivity index (χ4v) is 5.02. The number of carboxylic acid groups (broad SMARTS) is 1. The third-order valence-corrected chi connectivity index (χ3v) is 7.01. The third-order valence-electron chi connectivity index (χ3n) is 6.59. The molecule has 1 atom stereocenters. The van der Waals surface area contributed by atoms with Crippen LogP contribution in [0.3, 0.4) is 0 Å². The molecule has 0 radical (unpaired) electrons. The molecule has 8 nitrogen and oxygen atoms in total. The number of pyridine rings is 1. The first-order valence-corrected chi connectivity index (χ1v) is 11.9. The van der Waals surface area contributed by atoms with E-state index < -0.39 is 12.0 Å². The number of aromatic nitrogens is 1. The highest BCUT2D eigenvalue weighted by atomic mass is 35.5. The fourth-order valence-electron chi connectivity index (χ4n) is 4.90. The lowest BCUT2D eigenvalue weighted by atomic mass is 10.0. The average molecular weight is 485 g/mol.